The molecule has 1 aliphatic heterocycles. The Labute approximate surface area is 87.5 Å². The van der Waals surface area contributed by atoms with Crippen molar-refractivity contribution in [2.75, 3.05) is 13.1 Å². The van der Waals surface area contributed by atoms with Gasteiger partial charge in [-0.1, -0.05) is 0 Å². The molecule has 84 valence electrons. The maximum atomic E-state index is 11.5. The zero-order valence-electron chi connectivity index (χ0n) is 8.98. The molecule has 1 heterocycles. The molecule has 6 heteroatoms. The molecule has 0 aliphatic carbocycles. The van der Waals surface area contributed by atoms with Gasteiger partial charge >= 0.3 is 12.1 Å². The van der Waals surface area contributed by atoms with Crippen LogP contribution < -0.4 is 0 Å². The Kier molecular flexibility index (Phi) is 2.97. The molecule has 1 rings (SSSR count). The summed E-state index contributed by atoms with van der Waals surface area (Å²) in [7, 11) is 0. The zero-order valence-corrected chi connectivity index (χ0v) is 8.98. The second kappa shape index (κ2) is 3.88. The normalized spacial score (nSPS) is 16.2. The van der Waals surface area contributed by atoms with Crippen LogP contribution in [0.3, 0.4) is 0 Å². The average molecular weight is 214 g/mol. The van der Waals surface area contributed by atoms with E-state index in [2.05, 4.69) is 4.99 Å². The van der Waals surface area contributed by atoms with Crippen LogP contribution >= 0.6 is 0 Å². The number of hydrogen-bond acceptors (Lipinski definition) is 4. The van der Waals surface area contributed by atoms with Crippen molar-refractivity contribution in [3.8, 4) is 0 Å². The summed E-state index contributed by atoms with van der Waals surface area (Å²) in [6, 6.07) is 0. The van der Waals surface area contributed by atoms with Crippen LogP contribution in [0.15, 0.2) is 4.99 Å². The second-order valence-electron chi connectivity index (χ2n) is 4.14. The largest absolute Gasteiger partial charge is 0.475 e. The highest BCUT2D eigenvalue weighted by molar-refractivity contribution is 6.37. The second-order valence-corrected chi connectivity index (χ2v) is 4.14. The Balaban J connectivity index is 2.69. The van der Waals surface area contributed by atoms with E-state index in [4.69, 9.17) is 9.84 Å². The summed E-state index contributed by atoms with van der Waals surface area (Å²) >= 11 is 0. The third-order valence-corrected chi connectivity index (χ3v) is 1.65. The first kappa shape index (κ1) is 11.5. The van der Waals surface area contributed by atoms with E-state index in [0.717, 1.165) is 4.90 Å². The predicted molar refractivity (Wildman–Crippen MR) is 52.9 cm³/mol. The van der Waals surface area contributed by atoms with Crippen LogP contribution in [-0.2, 0) is 9.53 Å². The number of ether oxygens (including phenoxy) is 1. The summed E-state index contributed by atoms with van der Waals surface area (Å²) in [6.45, 7) is 5.73. The lowest BCUT2D eigenvalue weighted by atomic mass is 10.2. The number of rotatable bonds is 1. The first-order valence-corrected chi connectivity index (χ1v) is 4.59. The third kappa shape index (κ3) is 2.93. The summed E-state index contributed by atoms with van der Waals surface area (Å²) in [5.74, 6) is -1.46. The Morgan fingerprint density at radius 3 is 2.53 bits per heavy atom. The SMILES string of the molecule is CC(C)(C)OC(=O)N1CCN=C1C(=O)O. The van der Waals surface area contributed by atoms with Gasteiger partial charge in [0.05, 0.1) is 13.1 Å². The fourth-order valence-corrected chi connectivity index (χ4v) is 1.13. The minimum atomic E-state index is -1.21. The van der Waals surface area contributed by atoms with E-state index in [1.807, 2.05) is 0 Å². The number of carboxylic acid groups (broad SMARTS) is 1. The Hall–Kier alpha value is -1.59. The van der Waals surface area contributed by atoms with Crippen LogP contribution in [0.2, 0.25) is 0 Å². The van der Waals surface area contributed by atoms with E-state index in [1.165, 1.54) is 0 Å². The lowest BCUT2D eigenvalue weighted by Crippen LogP contribution is -2.41. The highest BCUT2D eigenvalue weighted by Crippen LogP contribution is 2.12. The quantitative estimate of drug-likeness (QED) is 0.697. The number of carbonyl (C=O) groups is 2. The Bertz CT molecular complexity index is 317. The van der Waals surface area contributed by atoms with E-state index in [-0.39, 0.29) is 12.4 Å². The molecule has 0 unspecified atom stereocenters. The molecule has 0 fully saturated rings. The molecule has 0 aromatic heterocycles. The van der Waals surface area contributed by atoms with E-state index in [9.17, 15) is 9.59 Å². The number of nitrogens with zero attached hydrogens (tertiary/aromatic N) is 2. The Morgan fingerprint density at radius 2 is 2.07 bits per heavy atom. The van der Waals surface area contributed by atoms with Gasteiger partial charge in [-0.15, -0.1) is 0 Å². The first-order valence-electron chi connectivity index (χ1n) is 4.59. The van der Waals surface area contributed by atoms with Gasteiger partial charge < -0.3 is 9.84 Å². The smallest absolute Gasteiger partial charge is 0.416 e. The Morgan fingerprint density at radius 1 is 1.47 bits per heavy atom. The molecule has 0 aromatic carbocycles. The summed E-state index contributed by atoms with van der Waals surface area (Å²) in [6.07, 6.45) is -0.666. The van der Waals surface area contributed by atoms with Crippen LogP contribution in [0.25, 0.3) is 0 Å². The molecule has 15 heavy (non-hydrogen) atoms. The molecule has 0 saturated carbocycles. The molecule has 1 aliphatic rings. The van der Waals surface area contributed by atoms with Gasteiger partial charge in [-0.2, -0.15) is 0 Å². The number of aliphatic imine (C=N–C) groups is 1. The maximum absolute atomic E-state index is 11.5. The van der Waals surface area contributed by atoms with Crippen molar-refractivity contribution in [1.29, 1.82) is 0 Å². The van der Waals surface area contributed by atoms with E-state index in [1.54, 1.807) is 20.8 Å². The van der Waals surface area contributed by atoms with E-state index < -0.39 is 17.7 Å². The molecule has 1 N–H and O–H groups in total. The van der Waals surface area contributed by atoms with Gasteiger partial charge in [-0.05, 0) is 20.8 Å². The number of amidine groups is 1. The number of carboxylic acids is 1. The zero-order chi connectivity index (χ0) is 11.6. The van der Waals surface area contributed by atoms with Gasteiger partial charge in [0, 0.05) is 0 Å². The van der Waals surface area contributed by atoms with Gasteiger partial charge in [0.15, 0.2) is 0 Å². The topological polar surface area (TPSA) is 79.2 Å². The molecule has 0 saturated heterocycles. The van der Waals surface area contributed by atoms with Crippen LogP contribution in [0.4, 0.5) is 4.79 Å². The van der Waals surface area contributed by atoms with Crippen LogP contribution in [0.1, 0.15) is 20.8 Å². The molecule has 1 amide bonds. The molecule has 0 aromatic rings. The monoisotopic (exact) mass is 214 g/mol. The molecular formula is C9H14N2O4. The molecule has 0 bridgehead atoms. The molecule has 0 spiro atoms. The summed E-state index contributed by atoms with van der Waals surface area (Å²) in [4.78, 5) is 27.0. The van der Waals surface area contributed by atoms with Crippen molar-refractivity contribution in [3.63, 3.8) is 0 Å². The van der Waals surface area contributed by atoms with Crippen molar-refractivity contribution in [2.45, 2.75) is 26.4 Å². The number of carbonyl (C=O) groups excluding carboxylic acids is 1. The number of aliphatic carboxylic acids is 1. The van der Waals surface area contributed by atoms with Gasteiger partial charge in [-0.25, -0.2) is 9.59 Å². The van der Waals surface area contributed by atoms with Crippen LogP contribution in [0.5, 0.6) is 0 Å². The summed E-state index contributed by atoms with van der Waals surface area (Å²) in [5, 5.41) is 8.75. The average Bonchev–Trinajstić information content (AvgIpc) is 2.47. The van der Waals surface area contributed by atoms with Gasteiger partial charge in [0.1, 0.15) is 5.60 Å². The van der Waals surface area contributed by atoms with Crippen molar-refractivity contribution in [3.05, 3.63) is 0 Å². The fraction of sp³-hybridized carbons (Fsp3) is 0.667. The van der Waals surface area contributed by atoms with Crippen molar-refractivity contribution >= 4 is 17.9 Å². The van der Waals surface area contributed by atoms with Crippen molar-refractivity contribution in [2.24, 2.45) is 4.99 Å². The summed E-state index contributed by atoms with van der Waals surface area (Å²) < 4.78 is 5.04. The highest BCUT2D eigenvalue weighted by atomic mass is 16.6. The van der Waals surface area contributed by atoms with Gasteiger partial charge in [0.2, 0.25) is 5.84 Å². The summed E-state index contributed by atoms with van der Waals surface area (Å²) in [5.41, 5.74) is -0.636. The van der Waals surface area contributed by atoms with Gasteiger partial charge in [0.25, 0.3) is 0 Å². The molecule has 0 radical (unpaired) electrons. The van der Waals surface area contributed by atoms with Gasteiger partial charge in [-0.3, -0.25) is 9.89 Å². The molecule has 0 atom stereocenters. The highest BCUT2D eigenvalue weighted by Gasteiger charge is 2.32. The van der Waals surface area contributed by atoms with Crippen molar-refractivity contribution < 1.29 is 19.4 Å². The lowest BCUT2D eigenvalue weighted by Gasteiger charge is -2.23. The van der Waals surface area contributed by atoms with Crippen LogP contribution in [-0.4, -0.2) is 46.6 Å². The number of amides is 1. The van der Waals surface area contributed by atoms with E-state index in [0.29, 0.717) is 6.54 Å². The minimum Gasteiger partial charge on any atom is -0.475 e. The number of hydrogen-bond donors (Lipinski definition) is 1. The maximum Gasteiger partial charge on any atom is 0.416 e. The van der Waals surface area contributed by atoms with Crippen LogP contribution in [0, 0.1) is 0 Å². The standard InChI is InChI=1S/C9H14N2O4/c1-9(2,3)15-8(14)11-5-4-10-6(11)7(12)13/h4-5H2,1-3H3,(H,12,13). The minimum absolute atomic E-state index is 0.246. The molecular weight excluding hydrogens is 200 g/mol. The predicted octanol–water partition coefficient (Wildman–Crippen LogP) is 0.720. The molecule has 6 nitrogen and oxygen atoms in total. The van der Waals surface area contributed by atoms with E-state index >= 15 is 0 Å². The fourth-order valence-electron chi connectivity index (χ4n) is 1.13. The third-order valence-electron chi connectivity index (χ3n) is 1.65. The first-order chi connectivity index (χ1) is 6.81. The van der Waals surface area contributed by atoms with Crippen molar-refractivity contribution in [1.82, 2.24) is 4.90 Å². The lowest BCUT2D eigenvalue weighted by molar-refractivity contribution is -0.130.